The third-order valence-corrected chi connectivity index (χ3v) is 5.55. The molecule has 0 aliphatic carbocycles. The van der Waals surface area contributed by atoms with E-state index < -0.39 is 0 Å². The summed E-state index contributed by atoms with van der Waals surface area (Å²) in [7, 11) is 1.64. The fraction of sp³-hybridized carbons (Fsp3) is 0.115. The van der Waals surface area contributed by atoms with Crippen LogP contribution in [0, 0.1) is 6.92 Å². The molecular formula is C26H24ClN5O2. The van der Waals surface area contributed by atoms with Crippen molar-refractivity contribution >= 4 is 35.9 Å². The van der Waals surface area contributed by atoms with Gasteiger partial charge in [-0.15, -0.1) is 17.5 Å². The topological polar surface area (TPSA) is 81.1 Å². The summed E-state index contributed by atoms with van der Waals surface area (Å²) < 4.78 is 7.08. The summed E-state index contributed by atoms with van der Waals surface area (Å²) in [6.45, 7) is 1.98. The maximum absolute atomic E-state index is 12.7. The lowest BCUT2D eigenvalue weighted by atomic mass is 10.0. The first kappa shape index (κ1) is 23.1. The molecule has 1 aliphatic heterocycles. The van der Waals surface area contributed by atoms with Gasteiger partial charge in [-0.25, -0.2) is 4.68 Å². The number of fused-ring (bicyclic) bond motifs is 1. The van der Waals surface area contributed by atoms with Gasteiger partial charge in [0.05, 0.1) is 7.11 Å². The van der Waals surface area contributed by atoms with Gasteiger partial charge in [0.15, 0.2) is 0 Å². The largest absolute Gasteiger partial charge is 0.497 e. The number of aryl methyl sites for hydroxylation is 1. The van der Waals surface area contributed by atoms with Crippen LogP contribution in [-0.4, -0.2) is 27.8 Å². The number of halogens is 1. The third kappa shape index (κ3) is 4.65. The van der Waals surface area contributed by atoms with Gasteiger partial charge in [0.1, 0.15) is 11.8 Å². The van der Waals surface area contributed by atoms with E-state index in [1.807, 2.05) is 73.7 Å². The molecule has 1 amide bonds. The lowest BCUT2D eigenvalue weighted by Gasteiger charge is -2.24. The summed E-state index contributed by atoms with van der Waals surface area (Å²) >= 11 is 0. The molecule has 34 heavy (non-hydrogen) atoms. The van der Waals surface area contributed by atoms with Crippen LogP contribution >= 0.6 is 12.4 Å². The van der Waals surface area contributed by atoms with Crippen LogP contribution in [0.1, 0.15) is 33.1 Å². The van der Waals surface area contributed by atoms with Gasteiger partial charge >= 0.3 is 0 Å². The number of ether oxygens (including phenoxy) is 1. The van der Waals surface area contributed by atoms with Crippen LogP contribution in [0.25, 0.3) is 5.70 Å². The summed E-state index contributed by atoms with van der Waals surface area (Å²) in [6.07, 6.45) is 2.10. The van der Waals surface area contributed by atoms with Crippen molar-refractivity contribution in [1.29, 1.82) is 0 Å². The molecule has 1 aromatic heterocycles. The van der Waals surface area contributed by atoms with E-state index in [-0.39, 0.29) is 30.3 Å². The molecule has 1 atom stereocenters. The number of rotatable bonds is 5. The van der Waals surface area contributed by atoms with Crippen LogP contribution in [0.4, 0.5) is 11.9 Å². The smallest absolute Gasteiger partial charge is 0.258 e. The van der Waals surface area contributed by atoms with Crippen molar-refractivity contribution in [2.75, 3.05) is 17.7 Å². The predicted octanol–water partition coefficient (Wildman–Crippen LogP) is 5.33. The van der Waals surface area contributed by atoms with Gasteiger partial charge in [-0.3, -0.25) is 10.1 Å². The Morgan fingerprint density at radius 1 is 1.00 bits per heavy atom. The zero-order valence-electron chi connectivity index (χ0n) is 18.7. The standard InChI is InChI=1S/C26H23N5O2.ClH/c1-17-8-10-20(11-9-17)24(32)28-25-29-26-27-22(18-6-4-3-5-7-18)16-23(31(26)30-25)19-12-14-21(33-2)15-13-19;/h3-16,23H,1-2H3,(H2,27,28,29,30,32);1H. The monoisotopic (exact) mass is 473 g/mol. The molecule has 172 valence electrons. The predicted molar refractivity (Wildman–Crippen MR) is 136 cm³/mol. The lowest BCUT2D eigenvalue weighted by Crippen LogP contribution is -2.20. The van der Waals surface area contributed by atoms with E-state index in [9.17, 15) is 4.79 Å². The Bertz CT molecular complexity index is 1320. The highest BCUT2D eigenvalue weighted by Crippen LogP contribution is 2.33. The lowest BCUT2D eigenvalue weighted by molar-refractivity contribution is 0.102. The molecule has 5 rings (SSSR count). The molecule has 1 aliphatic rings. The zero-order chi connectivity index (χ0) is 22.8. The summed E-state index contributed by atoms with van der Waals surface area (Å²) in [6, 6.07) is 25.1. The van der Waals surface area contributed by atoms with Crippen molar-refractivity contribution in [3.05, 3.63) is 107 Å². The molecule has 2 N–H and O–H groups in total. The number of hydrogen-bond acceptors (Lipinski definition) is 5. The van der Waals surface area contributed by atoms with E-state index in [2.05, 4.69) is 26.8 Å². The molecule has 7 nitrogen and oxygen atoms in total. The highest BCUT2D eigenvalue weighted by molar-refractivity contribution is 6.03. The minimum absolute atomic E-state index is 0. The Kier molecular flexibility index (Phi) is 6.65. The van der Waals surface area contributed by atoms with Crippen molar-refractivity contribution in [1.82, 2.24) is 14.8 Å². The number of aromatic nitrogens is 3. The molecule has 8 heteroatoms. The average molecular weight is 474 g/mol. The summed E-state index contributed by atoms with van der Waals surface area (Å²) in [4.78, 5) is 17.3. The van der Waals surface area contributed by atoms with Crippen LogP contribution in [-0.2, 0) is 0 Å². The van der Waals surface area contributed by atoms with E-state index in [0.717, 1.165) is 28.1 Å². The minimum atomic E-state index is -0.254. The molecule has 0 bridgehead atoms. The van der Waals surface area contributed by atoms with Crippen molar-refractivity contribution in [2.24, 2.45) is 0 Å². The van der Waals surface area contributed by atoms with Crippen LogP contribution < -0.4 is 15.4 Å². The average Bonchev–Trinajstić information content (AvgIpc) is 3.26. The Balaban J connectivity index is 0.00000274. The molecule has 0 spiro atoms. The zero-order valence-corrected chi connectivity index (χ0v) is 19.5. The normalized spacial score (nSPS) is 14.2. The summed E-state index contributed by atoms with van der Waals surface area (Å²) in [5, 5.41) is 10.8. The van der Waals surface area contributed by atoms with E-state index in [0.29, 0.717) is 11.5 Å². The second-order valence-electron chi connectivity index (χ2n) is 7.81. The Morgan fingerprint density at radius 2 is 1.71 bits per heavy atom. The third-order valence-electron chi connectivity index (χ3n) is 5.55. The molecule has 4 aromatic rings. The number of carbonyl (C=O) groups excluding carboxylic acids is 1. The molecule has 2 heterocycles. The van der Waals surface area contributed by atoms with Gasteiger partial charge in [0, 0.05) is 11.3 Å². The first-order chi connectivity index (χ1) is 16.1. The second kappa shape index (κ2) is 9.80. The SMILES string of the molecule is COc1ccc(C2C=C(c3ccccc3)Nc3nc(NC(=O)c4ccc(C)cc4)nn32)cc1.Cl. The van der Waals surface area contributed by atoms with Gasteiger partial charge in [-0.1, -0.05) is 60.2 Å². The maximum Gasteiger partial charge on any atom is 0.258 e. The second-order valence-corrected chi connectivity index (χ2v) is 7.81. The first-order valence-electron chi connectivity index (χ1n) is 10.6. The van der Waals surface area contributed by atoms with Gasteiger partial charge in [0.2, 0.25) is 5.95 Å². The number of nitrogens with zero attached hydrogens (tertiary/aromatic N) is 3. The highest BCUT2D eigenvalue weighted by atomic mass is 35.5. The molecule has 0 saturated heterocycles. The fourth-order valence-electron chi connectivity index (χ4n) is 3.75. The Hall–Kier alpha value is -4.10. The van der Waals surface area contributed by atoms with Crippen molar-refractivity contribution in [3.63, 3.8) is 0 Å². The summed E-state index contributed by atoms with van der Waals surface area (Å²) in [5.41, 5.74) is 4.63. The molecule has 0 saturated carbocycles. The summed E-state index contributed by atoms with van der Waals surface area (Å²) in [5.74, 6) is 1.32. The molecule has 3 aromatic carbocycles. The van der Waals surface area contributed by atoms with Crippen LogP contribution in [0.5, 0.6) is 5.75 Å². The van der Waals surface area contributed by atoms with Crippen molar-refractivity contribution in [2.45, 2.75) is 13.0 Å². The van der Waals surface area contributed by atoms with E-state index in [1.54, 1.807) is 23.9 Å². The van der Waals surface area contributed by atoms with Crippen molar-refractivity contribution in [3.8, 4) is 5.75 Å². The molecular weight excluding hydrogens is 450 g/mol. The van der Waals surface area contributed by atoms with Crippen molar-refractivity contribution < 1.29 is 9.53 Å². The number of benzene rings is 3. The quantitative estimate of drug-likeness (QED) is 0.409. The highest BCUT2D eigenvalue weighted by Gasteiger charge is 2.26. The van der Waals surface area contributed by atoms with Gasteiger partial charge < -0.3 is 10.1 Å². The number of allylic oxidation sites excluding steroid dienone is 1. The number of nitrogens with one attached hydrogen (secondary N) is 2. The number of methoxy groups -OCH3 is 1. The number of hydrogen-bond donors (Lipinski definition) is 2. The number of amides is 1. The van der Waals surface area contributed by atoms with E-state index in [4.69, 9.17) is 4.74 Å². The molecule has 0 fully saturated rings. The number of carbonyl (C=O) groups is 1. The van der Waals surface area contributed by atoms with Crippen LogP contribution in [0.15, 0.2) is 84.9 Å². The van der Waals surface area contributed by atoms with E-state index >= 15 is 0 Å². The Labute approximate surface area is 203 Å². The van der Waals surface area contributed by atoms with Crippen LogP contribution in [0.3, 0.4) is 0 Å². The van der Waals surface area contributed by atoms with Gasteiger partial charge in [-0.05, 0) is 48.4 Å². The fourth-order valence-corrected chi connectivity index (χ4v) is 3.75. The van der Waals surface area contributed by atoms with Gasteiger partial charge in [-0.2, -0.15) is 4.98 Å². The maximum atomic E-state index is 12.7. The molecule has 0 radical (unpaired) electrons. The minimum Gasteiger partial charge on any atom is -0.497 e. The van der Waals surface area contributed by atoms with E-state index in [1.165, 1.54) is 0 Å². The first-order valence-corrected chi connectivity index (χ1v) is 10.6. The molecule has 1 unspecified atom stereocenters. The van der Waals surface area contributed by atoms with Crippen LogP contribution in [0.2, 0.25) is 0 Å². The Morgan fingerprint density at radius 3 is 2.38 bits per heavy atom. The van der Waals surface area contributed by atoms with Gasteiger partial charge in [0.25, 0.3) is 11.9 Å². The number of anilines is 2.